The van der Waals surface area contributed by atoms with Gasteiger partial charge in [0.2, 0.25) is 0 Å². The van der Waals surface area contributed by atoms with Crippen molar-refractivity contribution >= 4 is 33.2 Å². The molecule has 2 rings (SSSR count). The van der Waals surface area contributed by atoms with Crippen molar-refractivity contribution in [3.05, 3.63) is 28.8 Å². The highest BCUT2D eigenvalue weighted by atomic mass is 79.9. The number of anilines is 1. The maximum absolute atomic E-state index is 6.42. The molecule has 3 heteroatoms. The zero-order chi connectivity index (χ0) is 14.0. The molecule has 19 heavy (non-hydrogen) atoms. The molecule has 1 saturated carbocycles. The van der Waals surface area contributed by atoms with Crippen molar-refractivity contribution in [3.63, 3.8) is 0 Å². The average molecular weight is 345 g/mol. The summed E-state index contributed by atoms with van der Waals surface area (Å²) in [5.74, 6) is 0. The third-order valence-electron chi connectivity index (χ3n) is 4.40. The predicted molar refractivity (Wildman–Crippen MR) is 88.5 cm³/mol. The van der Waals surface area contributed by atoms with E-state index in [-0.39, 0.29) is 0 Å². The molecule has 1 aliphatic carbocycles. The topological polar surface area (TPSA) is 3.24 Å². The Hall–Kier alpha value is -0.210. The summed E-state index contributed by atoms with van der Waals surface area (Å²) in [4.78, 5) is 2.37. The fourth-order valence-electron chi connectivity index (χ4n) is 2.89. The highest BCUT2D eigenvalue weighted by Crippen LogP contribution is 2.39. The Kier molecular flexibility index (Phi) is 4.84. The Labute approximate surface area is 130 Å². The molecule has 1 aliphatic rings. The van der Waals surface area contributed by atoms with Gasteiger partial charge in [-0.05, 0) is 48.8 Å². The second kappa shape index (κ2) is 6.05. The maximum atomic E-state index is 6.42. The first-order chi connectivity index (χ1) is 8.93. The van der Waals surface area contributed by atoms with Gasteiger partial charge in [-0.15, -0.1) is 0 Å². The van der Waals surface area contributed by atoms with Crippen LogP contribution in [0.4, 0.5) is 5.69 Å². The lowest BCUT2D eigenvalue weighted by molar-refractivity contribution is 0.222. The normalized spacial score (nSPS) is 19.4. The molecule has 0 aromatic heterocycles. The zero-order valence-electron chi connectivity index (χ0n) is 12.0. The molecular formula is C16H23BrClN. The Bertz CT molecular complexity index is 434. The Morgan fingerprint density at radius 3 is 2.47 bits per heavy atom. The van der Waals surface area contributed by atoms with Crippen LogP contribution in [0.1, 0.15) is 45.1 Å². The van der Waals surface area contributed by atoms with Crippen LogP contribution >= 0.6 is 27.5 Å². The molecule has 1 fully saturated rings. The van der Waals surface area contributed by atoms with Crippen molar-refractivity contribution in [2.24, 2.45) is 5.41 Å². The highest BCUT2D eigenvalue weighted by Gasteiger charge is 2.29. The minimum Gasteiger partial charge on any atom is -0.370 e. The summed E-state index contributed by atoms with van der Waals surface area (Å²) in [5.41, 5.74) is 2.91. The number of halogens is 2. The van der Waals surface area contributed by atoms with Gasteiger partial charge >= 0.3 is 0 Å². The first kappa shape index (κ1) is 15.2. The number of rotatable bonds is 3. The Morgan fingerprint density at radius 1 is 1.32 bits per heavy atom. The standard InChI is InChI=1S/C16H23BrClN/c1-16(2)8-6-13(7-9-16)19(3)15-5-4-12(11-17)10-14(15)18/h4-5,10,13H,6-9,11H2,1-3H3. The van der Waals surface area contributed by atoms with Crippen molar-refractivity contribution in [3.8, 4) is 0 Å². The van der Waals surface area contributed by atoms with Gasteiger partial charge in [0.15, 0.2) is 0 Å². The summed E-state index contributed by atoms with van der Waals surface area (Å²) in [6, 6.07) is 6.99. The zero-order valence-corrected chi connectivity index (χ0v) is 14.4. The smallest absolute Gasteiger partial charge is 0.0642 e. The molecule has 0 spiro atoms. The summed E-state index contributed by atoms with van der Waals surface area (Å²) >= 11 is 9.89. The third-order valence-corrected chi connectivity index (χ3v) is 5.35. The molecule has 0 N–H and O–H groups in total. The molecule has 0 aliphatic heterocycles. The molecule has 0 unspecified atom stereocenters. The molecule has 106 valence electrons. The molecule has 1 nitrogen and oxygen atoms in total. The van der Waals surface area contributed by atoms with Crippen LogP contribution in [0, 0.1) is 5.41 Å². The van der Waals surface area contributed by atoms with Crippen molar-refractivity contribution in [2.45, 2.75) is 50.9 Å². The lowest BCUT2D eigenvalue weighted by atomic mass is 9.75. The van der Waals surface area contributed by atoms with Crippen molar-refractivity contribution < 1.29 is 0 Å². The second-order valence-electron chi connectivity index (χ2n) is 6.43. The number of alkyl halides is 1. The predicted octanol–water partition coefficient (Wildman–Crippen LogP) is 5.64. The van der Waals surface area contributed by atoms with Crippen LogP contribution in [0.2, 0.25) is 5.02 Å². The maximum Gasteiger partial charge on any atom is 0.0642 e. The van der Waals surface area contributed by atoms with E-state index in [2.05, 4.69) is 59.9 Å². The van der Waals surface area contributed by atoms with Gasteiger partial charge in [0.05, 0.1) is 10.7 Å². The largest absolute Gasteiger partial charge is 0.370 e. The van der Waals surface area contributed by atoms with Crippen LogP contribution in [0.3, 0.4) is 0 Å². The summed E-state index contributed by atoms with van der Waals surface area (Å²) in [7, 11) is 2.18. The molecule has 1 aromatic carbocycles. The summed E-state index contributed by atoms with van der Waals surface area (Å²) < 4.78 is 0. The lowest BCUT2D eigenvalue weighted by Crippen LogP contribution is -2.37. The van der Waals surface area contributed by atoms with Gasteiger partial charge in [-0.3, -0.25) is 0 Å². The number of hydrogen-bond donors (Lipinski definition) is 0. The van der Waals surface area contributed by atoms with Crippen molar-refractivity contribution in [1.29, 1.82) is 0 Å². The van der Waals surface area contributed by atoms with Gasteiger partial charge < -0.3 is 4.90 Å². The van der Waals surface area contributed by atoms with Gasteiger partial charge in [0.1, 0.15) is 0 Å². The molecule has 0 heterocycles. The van der Waals surface area contributed by atoms with E-state index in [9.17, 15) is 0 Å². The molecule has 0 radical (unpaired) electrons. The van der Waals surface area contributed by atoms with E-state index in [1.54, 1.807) is 0 Å². The van der Waals surface area contributed by atoms with Crippen LogP contribution in [0.5, 0.6) is 0 Å². The molecule has 0 bridgehead atoms. The van der Waals surface area contributed by atoms with Crippen LogP contribution in [0.15, 0.2) is 18.2 Å². The van der Waals surface area contributed by atoms with Gasteiger partial charge in [-0.2, -0.15) is 0 Å². The van der Waals surface area contributed by atoms with E-state index >= 15 is 0 Å². The van der Waals surface area contributed by atoms with E-state index in [1.807, 2.05) is 0 Å². The van der Waals surface area contributed by atoms with E-state index < -0.39 is 0 Å². The lowest BCUT2D eigenvalue weighted by Gasteiger charge is -2.39. The minimum atomic E-state index is 0.515. The Balaban J connectivity index is 2.10. The van der Waals surface area contributed by atoms with E-state index in [1.165, 1.54) is 31.2 Å². The number of hydrogen-bond acceptors (Lipinski definition) is 1. The van der Waals surface area contributed by atoms with Crippen LogP contribution in [-0.2, 0) is 5.33 Å². The minimum absolute atomic E-state index is 0.515. The second-order valence-corrected chi connectivity index (χ2v) is 7.39. The van der Waals surface area contributed by atoms with Crippen molar-refractivity contribution in [2.75, 3.05) is 11.9 Å². The summed E-state index contributed by atoms with van der Waals surface area (Å²) in [5, 5.41) is 1.72. The summed E-state index contributed by atoms with van der Waals surface area (Å²) in [6.07, 6.45) is 5.14. The SMILES string of the molecule is CN(c1ccc(CBr)cc1Cl)C1CCC(C)(C)CC1. The first-order valence-electron chi connectivity index (χ1n) is 7.00. The van der Waals surface area contributed by atoms with Crippen LogP contribution in [-0.4, -0.2) is 13.1 Å². The van der Waals surface area contributed by atoms with E-state index in [4.69, 9.17) is 11.6 Å². The van der Waals surface area contributed by atoms with Gasteiger partial charge in [-0.25, -0.2) is 0 Å². The quantitative estimate of drug-likeness (QED) is 0.641. The van der Waals surface area contributed by atoms with Crippen molar-refractivity contribution in [1.82, 2.24) is 0 Å². The first-order valence-corrected chi connectivity index (χ1v) is 8.50. The Morgan fingerprint density at radius 2 is 1.95 bits per heavy atom. The van der Waals surface area contributed by atoms with Crippen LogP contribution in [0.25, 0.3) is 0 Å². The fraction of sp³-hybridized carbons (Fsp3) is 0.625. The highest BCUT2D eigenvalue weighted by molar-refractivity contribution is 9.08. The van der Waals surface area contributed by atoms with Gasteiger partial charge in [0, 0.05) is 18.4 Å². The third kappa shape index (κ3) is 3.66. The number of benzene rings is 1. The summed E-state index contributed by atoms with van der Waals surface area (Å²) in [6.45, 7) is 4.75. The van der Waals surface area contributed by atoms with E-state index in [0.717, 1.165) is 16.0 Å². The molecule has 1 aromatic rings. The molecule has 0 atom stereocenters. The van der Waals surface area contributed by atoms with Crippen LogP contribution < -0.4 is 4.90 Å². The monoisotopic (exact) mass is 343 g/mol. The van der Waals surface area contributed by atoms with Gasteiger partial charge in [0.25, 0.3) is 0 Å². The fourth-order valence-corrected chi connectivity index (χ4v) is 3.57. The molecule has 0 saturated heterocycles. The molecule has 0 amide bonds. The van der Waals surface area contributed by atoms with Gasteiger partial charge in [-0.1, -0.05) is 47.4 Å². The average Bonchev–Trinajstić information content (AvgIpc) is 2.37. The van der Waals surface area contributed by atoms with E-state index in [0.29, 0.717) is 11.5 Å². The molecular weight excluding hydrogens is 322 g/mol. The number of nitrogens with zero attached hydrogens (tertiary/aromatic N) is 1.